The molecule has 1 aromatic heterocycles. The van der Waals surface area contributed by atoms with Gasteiger partial charge in [0.1, 0.15) is 11.3 Å². The molecule has 1 atom stereocenters. The van der Waals surface area contributed by atoms with Gasteiger partial charge in [0, 0.05) is 16.8 Å². The fourth-order valence-electron chi connectivity index (χ4n) is 3.36. The zero-order chi connectivity index (χ0) is 25.3. The Bertz CT molecular complexity index is 1360. The highest BCUT2D eigenvalue weighted by Gasteiger charge is 2.38. The molecule has 0 fully saturated rings. The number of amides is 1. The molecular formula is C23H23F3N4O3S. The van der Waals surface area contributed by atoms with Crippen LogP contribution < -0.4 is 10.1 Å². The molecule has 0 aliphatic carbocycles. The Kier molecular flexibility index (Phi) is 6.97. The van der Waals surface area contributed by atoms with Crippen molar-refractivity contribution in [3.05, 3.63) is 70.4 Å². The summed E-state index contributed by atoms with van der Waals surface area (Å²) in [4.78, 5) is 13.3. The van der Waals surface area contributed by atoms with E-state index < -0.39 is 38.6 Å². The molecular weight excluding hydrogens is 469 g/mol. The van der Waals surface area contributed by atoms with Crippen LogP contribution in [-0.2, 0) is 22.3 Å². The van der Waals surface area contributed by atoms with Crippen LogP contribution in [-0.4, -0.2) is 26.6 Å². The van der Waals surface area contributed by atoms with Crippen molar-refractivity contribution in [1.82, 2.24) is 10.2 Å². The van der Waals surface area contributed by atoms with E-state index >= 15 is 0 Å². The van der Waals surface area contributed by atoms with E-state index in [1.807, 2.05) is 19.9 Å². The van der Waals surface area contributed by atoms with Gasteiger partial charge in [0.2, 0.25) is 0 Å². The minimum absolute atomic E-state index is 0.156. The molecule has 0 saturated heterocycles. The van der Waals surface area contributed by atoms with Gasteiger partial charge in [-0.15, -0.1) is 10.2 Å². The Hall–Kier alpha value is -3.47. The second-order valence-corrected chi connectivity index (χ2v) is 9.88. The van der Waals surface area contributed by atoms with Gasteiger partial charge in [-0.1, -0.05) is 19.1 Å². The molecule has 1 unspecified atom stereocenters. The van der Waals surface area contributed by atoms with Crippen LogP contribution in [0.25, 0.3) is 0 Å². The van der Waals surface area contributed by atoms with E-state index in [-0.39, 0.29) is 16.5 Å². The number of carbonyl (C=O) groups is 1. The Morgan fingerprint density at radius 2 is 1.85 bits per heavy atom. The summed E-state index contributed by atoms with van der Waals surface area (Å²) in [6, 6.07) is 10.9. The summed E-state index contributed by atoms with van der Waals surface area (Å²) in [5.41, 5.74) is -0.0529. The molecule has 3 aromatic rings. The number of aryl methyl sites for hydroxylation is 2. The van der Waals surface area contributed by atoms with Gasteiger partial charge in [0.25, 0.3) is 11.8 Å². The van der Waals surface area contributed by atoms with E-state index in [9.17, 15) is 22.2 Å². The second-order valence-electron chi connectivity index (χ2n) is 7.72. The predicted octanol–water partition coefficient (Wildman–Crippen LogP) is 5.75. The smallest absolute Gasteiger partial charge is 0.435 e. The van der Waals surface area contributed by atoms with Crippen molar-refractivity contribution in [2.24, 2.45) is 0 Å². The van der Waals surface area contributed by atoms with Crippen molar-refractivity contribution < 1.29 is 26.9 Å². The lowest BCUT2D eigenvalue weighted by Crippen LogP contribution is -2.21. The zero-order valence-electron chi connectivity index (χ0n) is 18.9. The third-order valence-corrected chi connectivity index (χ3v) is 6.29. The van der Waals surface area contributed by atoms with Crippen LogP contribution in [0.1, 0.15) is 39.7 Å². The Morgan fingerprint density at radius 1 is 1.15 bits per heavy atom. The molecule has 0 spiro atoms. The summed E-state index contributed by atoms with van der Waals surface area (Å²) < 4.78 is 65.8. The normalized spacial score (nSPS) is 13.3. The predicted molar refractivity (Wildman–Crippen MR) is 122 cm³/mol. The number of aromatic nitrogens is 2. The van der Waals surface area contributed by atoms with Gasteiger partial charge in [-0.3, -0.25) is 4.79 Å². The number of nitrogens with one attached hydrogen (secondary N) is 2. The molecule has 1 amide bonds. The van der Waals surface area contributed by atoms with Crippen molar-refractivity contribution in [3.8, 4) is 11.6 Å². The van der Waals surface area contributed by atoms with Crippen LogP contribution >= 0.6 is 0 Å². The highest BCUT2D eigenvalue weighted by molar-refractivity contribution is 7.91. The maximum absolute atomic E-state index is 13.5. The first-order valence-corrected chi connectivity index (χ1v) is 12.1. The molecule has 180 valence electrons. The fourth-order valence-corrected chi connectivity index (χ4v) is 4.05. The maximum Gasteiger partial charge on any atom is 0.435 e. The Labute approximate surface area is 195 Å². The highest BCUT2D eigenvalue weighted by atomic mass is 32.2. The number of benzene rings is 2. The van der Waals surface area contributed by atoms with Gasteiger partial charge in [-0.2, -0.15) is 13.2 Å². The summed E-state index contributed by atoms with van der Waals surface area (Å²) in [5.74, 6) is -1.01. The standard InChI is InChI=1S/C23H23F3N4O3S/c1-5-15-9-10-17(11-13(15)2)33-22-19(14(3)20(29-30-22)23(24,25)26)21(31)28-16-7-6-8-18(12-16)34(4,27)32/h6-12,27H,5H2,1-4H3,(H,28,31). The second kappa shape index (κ2) is 9.41. The van der Waals surface area contributed by atoms with Crippen molar-refractivity contribution in [2.45, 2.75) is 38.3 Å². The number of hydrogen-bond acceptors (Lipinski definition) is 6. The summed E-state index contributed by atoms with van der Waals surface area (Å²) in [7, 11) is -3.07. The van der Waals surface area contributed by atoms with E-state index in [4.69, 9.17) is 9.52 Å². The van der Waals surface area contributed by atoms with E-state index in [1.54, 1.807) is 12.1 Å². The van der Waals surface area contributed by atoms with E-state index in [0.29, 0.717) is 5.75 Å². The molecule has 34 heavy (non-hydrogen) atoms. The van der Waals surface area contributed by atoms with Crippen LogP contribution in [0.3, 0.4) is 0 Å². The van der Waals surface area contributed by atoms with Crippen LogP contribution in [0, 0.1) is 18.6 Å². The van der Waals surface area contributed by atoms with Crippen molar-refractivity contribution in [2.75, 3.05) is 11.6 Å². The van der Waals surface area contributed by atoms with Gasteiger partial charge < -0.3 is 10.1 Å². The van der Waals surface area contributed by atoms with Gasteiger partial charge in [-0.05, 0) is 67.3 Å². The third kappa shape index (κ3) is 5.53. The Balaban J connectivity index is 2.06. The van der Waals surface area contributed by atoms with Crippen LogP contribution in [0.4, 0.5) is 18.9 Å². The lowest BCUT2D eigenvalue weighted by Gasteiger charge is -2.16. The largest absolute Gasteiger partial charge is 0.437 e. The molecule has 0 saturated carbocycles. The van der Waals surface area contributed by atoms with Gasteiger partial charge in [0.15, 0.2) is 5.69 Å². The van der Waals surface area contributed by atoms with Crippen LogP contribution in [0.15, 0.2) is 47.4 Å². The number of hydrogen-bond donors (Lipinski definition) is 2. The average molecular weight is 493 g/mol. The van der Waals surface area contributed by atoms with Gasteiger partial charge >= 0.3 is 6.18 Å². The molecule has 0 radical (unpaired) electrons. The molecule has 11 heteroatoms. The highest BCUT2D eigenvalue weighted by Crippen LogP contribution is 2.35. The molecule has 0 aliphatic rings. The minimum Gasteiger partial charge on any atom is -0.437 e. The molecule has 7 nitrogen and oxygen atoms in total. The molecule has 0 bridgehead atoms. The Morgan fingerprint density at radius 3 is 2.44 bits per heavy atom. The van der Waals surface area contributed by atoms with E-state index in [1.165, 1.54) is 30.5 Å². The van der Waals surface area contributed by atoms with Gasteiger partial charge in [-0.25, -0.2) is 8.99 Å². The number of halogens is 3. The first kappa shape index (κ1) is 25.2. The topological polar surface area (TPSA) is 105 Å². The average Bonchev–Trinajstić information content (AvgIpc) is 2.72. The first-order chi connectivity index (χ1) is 15.8. The molecule has 1 heterocycles. The summed E-state index contributed by atoms with van der Waals surface area (Å²) in [5, 5.41) is 9.30. The fraction of sp³-hybridized carbons (Fsp3) is 0.261. The first-order valence-electron chi connectivity index (χ1n) is 10.2. The number of anilines is 1. The van der Waals surface area contributed by atoms with Crippen LogP contribution in [0.5, 0.6) is 11.6 Å². The monoisotopic (exact) mass is 492 g/mol. The summed E-state index contributed by atoms with van der Waals surface area (Å²) in [6.45, 7) is 4.97. The third-order valence-electron chi connectivity index (χ3n) is 5.13. The number of nitrogens with zero attached hydrogens (tertiary/aromatic N) is 2. The van der Waals surface area contributed by atoms with Crippen molar-refractivity contribution >= 4 is 21.3 Å². The van der Waals surface area contributed by atoms with E-state index in [2.05, 4.69) is 15.5 Å². The quantitative estimate of drug-likeness (QED) is 0.456. The zero-order valence-corrected chi connectivity index (χ0v) is 19.7. The summed E-state index contributed by atoms with van der Waals surface area (Å²) >= 11 is 0. The van der Waals surface area contributed by atoms with Gasteiger partial charge in [0.05, 0.1) is 9.73 Å². The molecule has 3 rings (SSSR count). The molecule has 2 aromatic carbocycles. The maximum atomic E-state index is 13.5. The summed E-state index contributed by atoms with van der Waals surface area (Å²) in [6.07, 6.45) is -2.82. The number of rotatable bonds is 6. The number of alkyl halides is 3. The van der Waals surface area contributed by atoms with Crippen molar-refractivity contribution in [3.63, 3.8) is 0 Å². The number of ether oxygens (including phenoxy) is 1. The van der Waals surface area contributed by atoms with Crippen molar-refractivity contribution in [1.29, 1.82) is 4.78 Å². The SMILES string of the molecule is CCc1ccc(Oc2nnc(C(F)(F)F)c(C)c2C(=O)Nc2cccc(S(C)(=N)=O)c2)cc1C. The lowest BCUT2D eigenvalue weighted by molar-refractivity contribution is -0.142. The minimum atomic E-state index is -4.83. The van der Waals surface area contributed by atoms with Crippen LogP contribution in [0.2, 0.25) is 0 Å². The lowest BCUT2D eigenvalue weighted by atomic mass is 10.1. The number of carbonyl (C=O) groups excluding carboxylic acids is 1. The molecule has 0 aliphatic heterocycles. The molecule has 2 N–H and O–H groups in total. The van der Waals surface area contributed by atoms with E-state index in [0.717, 1.165) is 24.5 Å².